The Morgan fingerprint density at radius 1 is 1.60 bits per heavy atom. The van der Waals surface area contributed by atoms with E-state index in [9.17, 15) is 0 Å². The molecule has 0 saturated carbocycles. The topological polar surface area (TPSA) is 78.0 Å². The number of amidine groups is 1. The molecule has 0 radical (unpaired) electrons. The fourth-order valence-corrected chi connectivity index (χ4v) is 1.24. The van der Waals surface area contributed by atoms with Gasteiger partial charge in [0.2, 0.25) is 0 Å². The first kappa shape index (κ1) is 7.34. The first-order chi connectivity index (χ1) is 4.84. The van der Waals surface area contributed by atoms with Crippen LogP contribution in [0.2, 0.25) is 0 Å². The Hall–Kier alpha value is -0.770. The highest BCUT2D eigenvalue weighted by molar-refractivity contribution is 5.77. The quantitative estimate of drug-likeness (QED) is 0.140. The average molecular weight is 143 g/mol. The third kappa shape index (κ3) is 1.60. The van der Waals surface area contributed by atoms with Crippen LogP contribution in [0.5, 0.6) is 0 Å². The minimum absolute atomic E-state index is 0.416. The zero-order valence-corrected chi connectivity index (χ0v) is 6.06. The lowest BCUT2D eigenvalue weighted by molar-refractivity contribution is -0.473. The number of piperidine rings is 1. The van der Waals surface area contributed by atoms with E-state index in [2.05, 4.69) is 10.4 Å². The van der Waals surface area contributed by atoms with E-state index in [0.717, 1.165) is 19.5 Å². The van der Waals surface area contributed by atoms with Crippen LogP contribution in [0.25, 0.3) is 0 Å². The molecule has 1 rings (SSSR count). The molecule has 1 unspecified atom stereocenters. The molecule has 0 aromatic heterocycles. The summed E-state index contributed by atoms with van der Waals surface area (Å²) in [5.74, 6) is 6.28. The van der Waals surface area contributed by atoms with E-state index >= 15 is 0 Å². The Balaban J connectivity index is 2.39. The van der Waals surface area contributed by atoms with Gasteiger partial charge < -0.3 is 5.32 Å². The maximum Gasteiger partial charge on any atom is 0.267 e. The first-order valence-electron chi connectivity index (χ1n) is 3.64. The predicted molar refractivity (Wildman–Crippen MR) is 39.9 cm³/mol. The predicted octanol–water partition coefficient (Wildman–Crippen LogP) is -2.70. The molecule has 10 heavy (non-hydrogen) atoms. The van der Waals surface area contributed by atoms with Crippen molar-refractivity contribution in [1.29, 1.82) is 0 Å². The zero-order chi connectivity index (χ0) is 7.40. The Kier molecular flexibility index (Phi) is 2.50. The average Bonchev–Trinajstić information content (AvgIpc) is 2.05. The molecular weight excluding hydrogens is 128 g/mol. The van der Waals surface area contributed by atoms with E-state index in [4.69, 9.17) is 11.6 Å². The summed E-state index contributed by atoms with van der Waals surface area (Å²) < 4.78 is 0. The molecule has 1 fully saturated rings. The van der Waals surface area contributed by atoms with Crippen LogP contribution in [-0.2, 0) is 0 Å². The lowest BCUT2D eigenvalue weighted by atomic mass is 9.99. The Morgan fingerprint density at radius 3 is 2.90 bits per heavy atom. The maximum absolute atomic E-state index is 5.59. The van der Waals surface area contributed by atoms with Crippen LogP contribution >= 0.6 is 0 Å². The molecule has 1 saturated heterocycles. The number of nitrogens with two attached hydrogens (primary N) is 2. The van der Waals surface area contributed by atoms with Crippen LogP contribution in [-0.4, -0.2) is 18.9 Å². The van der Waals surface area contributed by atoms with Gasteiger partial charge in [0.1, 0.15) is 0 Å². The first-order valence-corrected chi connectivity index (χ1v) is 3.64. The van der Waals surface area contributed by atoms with Crippen molar-refractivity contribution in [1.82, 2.24) is 5.32 Å². The van der Waals surface area contributed by atoms with Crippen molar-refractivity contribution in [3.63, 3.8) is 0 Å². The normalized spacial score (nSPS) is 28.4. The van der Waals surface area contributed by atoms with Crippen molar-refractivity contribution < 1.29 is 5.10 Å². The highest BCUT2D eigenvalue weighted by Gasteiger charge is 2.19. The van der Waals surface area contributed by atoms with Crippen molar-refractivity contribution in [3.8, 4) is 0 Å². The van der Waals surface area contributed by atoms with Crippen LogP contribution in [0.15, 0.2) is 0 Å². The molecule has 6 N–H and O–H groups in total. The summed E-state index contributed by atoms with van der Waals surface area (Å²) in [7, 11) is 0. The summed E-state index contributed by atoms with van der Waals surface area (Å²) in [6.07, 6.45) is 2.33. The molecule has 58 valence electrons. The number of hydrogen-bond acceptors (Lipinski definition) is 2. The van der Waals surface area contributed by atoms with Gasteiger partial charge in [-0.2, -0.15) is 5.10 Å². The smallest absolute Gasteiger partial charge is 0.267 e. The Bertz CT molecular complexity index is 126. The summed E-state index contributed by atoms with van der Waals surface area (Å²) in [6, 6.07) is 0. The lowest BCUT2D eigenvalue weighted by Crippen LogP contribution is -2.84. The van der Waals surface area contributed by atoms with Crippen molar-refractivity contribution in [2.45, 2.75) is 12.8 Å². The van der Waals surface area contributed by atoms with Gasteiger partial charge in [0.15, 0.2) is 0 Å². The van der Waals surface area contributed by atoms with Crippen LogP contribution in [0.3, 0.4) is 0 Å². The molecule has 0 aromatic carbocycles. The van der Waals surface area contributed by atoms with Crippen LogP contribution in [0, 0.1) is 5.92 Å². The van der Waals surface area contributed by atoms with Gasteiger partial charge >= 0.3 is 0 Å². The second-order valence-electron chi connectivity index (χ2n) is 2.64. The molecule has 0 amide bonds. The maximum atomic E-state index is 5.59. The van der Waals surface area contributed by atoms with Gasteiger partial charge in [0, 0.05) is 6.54 Å². The molecule has 4 nitrogen and oxygen atoms in total. The van der Waals surface area contributed by atoms with E-state index in [1.165, 1.54) is 6.42 Å². The summed E-state index contributed by atoms with van der Waals surface area (Å²) in [5, 5.41) is 5.74. The molecule has 0 bridgehead atoms. The van der Waals surface area contributed by atoms with E-state index in [1.807, 2.05) is 0 Å². The minimum atomic E-state index is 0.416. The molecule has 1 aliphatic rings. The number of rotatable bonds is 1. The molecule has 4 heteroatoms. The monoisotopic (exact) mass is 143 g/mol. The number of hydrazine groups is 1. The third-order valence-corrected chi connectivity index (χ3v) is 1.90. The zero-order valence-electron chi connectivity index (χ0n) is 6.06. The third-order valence-electron chi connectivity index (χ3n) is 1.90. The Morgan fingerprint density at radius 2 is 2.40 bits per heavy atom. The molecule has 0 aliphatic carbocycles. The Labute approximate surface area is 60.7 Å². The highest BCUT2D eigenvalue weighted by Crippen LogP contribution is 2.06. The van der Waals surface area contributed by atoms with Crippen molar-refractivity contribution in [2.75, 3.05) is 13.1 Å². The largest absolute Gasteiger partial charge is 0.316 e. The molecular formula is C6H15N4+. The van der Waals surface area contributed by atoms with Crippen LogP contribution in [0.1, 0.15) is 12.8 Å². The van der Waals surface area contributed by atoms with Gasteiger partial charge in [-0.3, -0.25) is 11.6 Å². The van der Waals surface area contributed by atoms with E-state index in [-0.39, 0.29) is 0 Å². The van der Waals surface area contributed by atoms with Crippen molar-refractivity contribution in [3.05, 3.63) is 0 Å². The van der Waals surface area contributed by atoms with Crippen molar-refractivity contribution >= 4 is 5.84 Å². The van der Waals surface area contributed by atoms with E-state index in [1.54, 1.807) is 0 Å². The number of hydrogen-bond donors (Lipinski definition) is 4. The highest BCUT2D eigenvalue weighted by atomic mass is 15.2. The summed E-state index contributed by atoms with van der Waals surface area (Å²) >= 11 is 0. The lowest BCUT2D eigenvalue weighted by Gasteiger charge is -2.18. The summed E-state index contributed by atoms with van der Waals surface area (Å²) in [6.45, 7) is 2.06. The van der Waals surface area contributed by atoms with Gasteiger partial charge in [-0.1, -0.05) is 0 Å². The van der Waals surface area contributed by atoms with E-state index < -0.39 is 0 Å². The molecule has 0 spiro atoms. The minimum Gasteiger partial charge on any atom is -0.316 e. The molecule has 1 aliphatic heterocycles. The fourth-order valence-electron chi connectivity index (χ4n) is 1.24. The number of hydrazone groups is 1. The molecule has 0 aromatic rings. The fraction of sp³-hybridized carbons (Fsp3) is 0.833. The number of nitrogens with one attached hydrogen (secondary N) is 2. The van der Waals surface area contributed by atoms with Gasteiger partial charge in [-0.05, 0) is 19.4 Å². The summed E-state index contributed by atoms with van der Waals surface area (Å²) in [5.41, 5.74) is 5.59. The van der Waals surface area contributed by atoms with Gasteiger partial charge in [0.25, 0.3) is 5.84 Å². The van der Waals surface area contributed by atoms with Crippen LogP contribution in [0.4, 0.5) is 0 Å². The van der Waals surface area contributed by atoms with Gasteiger partial charge in [-0.25, -0.2) is 0 Å². The molecule has 1 heterocycles. The van der Waals surface area contributed by atoms with Crippen LogP contribution < -0.4 is 22.0 Å². The second kappa shape index (κ2) is 3.41. The second-order valence-corrected chi connectivity index (χ2v) is 2.64. The SMILES string of the molecule is N[NH+]=C(N)C1CCCNC1. The summed E-state index contributed by atoms with van der Waals surface area (Å²) in [4.78, 5) is 0. The van der Waals surface area contributed by atoms with Gasteiger partial charge in [0.05, 0.1) is 5.92 Å². The molecule has 1 atom stereocenters. The van der Waals surface area contributed by atoms with Gasteiger partial charge in [-0.15, -0.1) is 0 Å². The standard InChI is InChI=1S/C6H14N4/c7-6(10-8)5-2-1-3-9-4-5/h5,9H,1-4,8H2,(H2,7,10)/p+1. The van der Waals surface area contributed by atoms with Crippen molar-refractivity contribution in [2.24, 2.45) is 17.5 Å². The van der Waals surface area contributed by atoms with E-state index in [0.29, 0.717) is 11.8 Å².